The number of aromatic nitrogens is 4. The van der Waals surface area contributed by atoms with E-state index in [9.17, 15) is 26.3 Å². The van der Waals surface area contributed by atoms with Crippen molar-refractivity contribution in [2.75, 3.05) is 7.11 Å². The van der Waals surface area contributed by atoms with Crippen LogP contribution in [0, 0.1) is 0 Å². The molecule has 11 heteroatoms. The largest absolute Gasteiger partial charge is 0.496 e. The molecule has 5 nitrogen and oxygen atoms in total. The summed E-state index contributed by atoms with van der Waals surface area (Å²) in [6.45, 7) is 0. The lowest BCUT2D eigenvalue weighted by atomic mass is 10.1. The van der Waals surface area contributed by atoms with E-state index in [1.54, 1.807) is 0 Å². The number of halogens is 6. The fraction of sp³-hybridized carbons (Fsp3) is 0.214. The molecule has 0 aliphatic heterocycles. The zero-order valence-electron chi connectivity index (χ0n) is 12.4. The number of rotatable bonds is 2. The minimum Gasteiger partial charge on any atom is -0.496 e. The molecule has 3 rings (SSSR count). The molecule has 0 saturated heterocycles. The molecule has 0 amide bonds. The van der Waals surface area contributed by atoms with E-state index in [1.165, 1.54) is 12.1 Å². The highest BCUT2D eigenvalue weighted by molar-refractivity contribution is 5.68. The van der Waals surface area contributed by atoms with Gasteiger partial charge in [0.05, 0.1) is 18.4 Å². The molecule has 0 aliphatic carbocycles. The number of ether oxygens (including phenoxy) is 1. The second kappa shape index (κ2) is 5.60. The summed E-state index contributed by atoms with van der Waals surface area (Å²) in [6, 6.07) is 5.16. The third kappa shape index (κ3) is 3.08. The highest BCUT2D eigenvalue weighted by Gasteiger charge is 2.38. The van der Waals surface area contributed by atoms with Crippen LogP contribution < -0.4 is 4.74 Å². The molecule has 0 fully saturated rings. The average Bonchev–Trinajstić information content (AvgIpc) is 2.96. The summed E-state index contributed by atoms with van der Waals surface area (Å²) in [7, 11) is 1.15. The molecule has 3 aromatic rings. The van der Waals surface area contributed by atoms with Crippen LogP contribution >= 0.6 is 0 Å². The summed E-state index contributed by atoms with van der Waals surface area (Å²) >= 11 is 0. The van der Waals surface area contributed by atoms with Crippen molar-refractivity contribution in [1.29, 1.82) is 0 Å². The average molecular weight is 362 g/mol. The van der Waals surface area contributed by atoms with Crippen LogP contribution in [-0.2, 0) is 12.4 Å². The smallest absolute Gasteiger partial charge is 0.453 e. The first-order valence-electron chi connectivity index (χ1n) is 6.66. The minimum atomic E-state index is -4.78. The number of fused-ring (bicyclic) bond motifs is 1. The van der Waals surface area contributed by atoms with Gasteiger partial charge in [-0.3, -0.25) is 0 Å². The van der Waals surface area contributed by atoms with Crippen LogP contribution in [0.1, 0.15) is 11.4 Å². The van der Waals surface area contributed by atoms with E-state index in [0.29, 0.717) is 4.52 Å². The second-order valence-electron chi connectivity index (χ2n) is 4.92. The molecule has 0 spiro atoms. The standard InChI is InChI=1S/C14H8F6N4O/c1-25-10-6-7(13(15,16)17)2-3-8(10)9-4-5-11-21-22-12(14(18,19)20)24(11)23-9/h2-6H,1H3. The number of alkyl halides is 6. The van der Waals surface area contributed by atoms with E-state index in [0.717, 1.165) is 25.3 Å². The Bertz CT molecular complexity index is 931. The predicted octanol–water partition coefficient (Wildman–Crippen LogP) is 3.84. The van der Waals surface area contributed by atoms with Crippen LogP contribution in [-0.4, -0.2) is 26.9 Å². The van der Waals surface area contributed by atoms with Gasteiger partial charge in [0.1, 0.15) is 5.75 Å². The molecule has 0 atom stereocenters. The van der Waals surface area contributed by atoms with Crippen LogP contribution in [0.25, 0.3) is 16.9 Å². The molecule has 2 heterocycles. The predicted molar refractivity (Wildman–Crippen MR) is 72.8 cm³/mol. The first kappa shape index (κ1) is 17.0. The molecule has 0 unspecified atom stereocenters. The van der Waals surface area contributed by atoms with E-state index in [1.807, 2.05) is 0 Å². The monoisotopic (exact) mass is 362 g/mol. The molecule has 132 valence electrons. The van der Waals surface area contributed by atoms with Crippen LogP contribution in [0.15, 0.2) is 30.3 Å². The van der Waals surface area contributed by atoms with Crippen molar-refractivity contribution in [1.82, 2.24) is 19.8 Å². The number of hydrogen-bond acceptors (Lipinski definition) is 4. The van der Waals surface area contributed by atoms with Gasteiger partial charge in [0, 0.05) is 5.56 Å². The van der Waals surface area contributed by atoms with E-state index in [4.69, 9.17) is 4.74 Å². The second-order valence-corrected chi connectivity index (χ2v) is 4.92. The summed E-state index contributed by atoms with van der Waals surface area (Å²) in [5, 5.41) is 10.2. The van der Waals surface area contributed by atoms with Gasteiger partial charge in [-0.15, -0.1) is 10.2 Å². The lowest BCUT2D eigenvalue weighted by Crippen LogP contribution is -2.12. The third-order valence-corrected chi connectivity index (χ3v) is 3.32. The van der Waals surface area contributed by atoms with Gasteiger partial charge in [-0.25, -0.2) is 0 Å². The van der Waals surface area contributed by atoms with Crippen molar-refractivity contribution in [2.45, 2.75) is 12.4 Å². The Hall–Kier alpha value is -2.85. The lowest BCUT2D eigenvalue weighted by molar-refractivity contribution is -0.146. The molecule has 0 bridgehead atoms. The van der Waals surface area contributed by atoms with E-state index < -0.39 is 23.7 Å². The van der Waals surface area contributed by atoms with Gasteiger partial charge in [-0.2, -0.15) is 36.0 Å². The molecular formula is C14H8F6N4O. The SMILES string of the molecule is COc1cc(C(F)(F)F)ccc1-c1ccc2nnc(C(F)(F)F)n2n1. The Labute approximate surface area is 135 Å². The Kier molecular flexibility index (Phi) is 3.81. The van der Waals surface area contributed by atoms with E-state index in [2.05, 4.69) is 15.3 Å². The molecule has 1 aromatic carbocycles. The van der Waals surface area contributed by atoms with Crippen molar-refractivity contribution in [3.8, 4) is 17.0 Å². The van der Waals surface area contributed by atoms with Crippen molar-refractivity contribution >= 4 is 5.65 Å². The van der Waals surface area contributed by atoms with Crippen molar-refractivity contribution in [3.05, 3.63) is 41.7 Å². The summed E-state index contributed by atoms with van der Waals surface area (Å²) in [4.78, 5) is 0. The van der Waals surface area contributed by atoms with Crippen LogP contribution in [0.2, 0.25) is 0 Å². The van der Waals surface area contributed by atoms with Gasteiger partial charge in [0.2, 0.25) is 0 Å². The van der Waals surface area contributed by atoms with Crippen molar-refractivity contribution in [3.63, 3.8) is 0 Å². The quantitative estimate of drug-likeness (QED) is 0.650. The fourth-order valence-corrected chi connectivity index (χ4v) is 2.19. The van der Waals surface area contributed by atoms with Gasteiger partial charge in [0.25, 0.3) is 5.82 Å². The zero-order valence-corrected chi connectivity index (χ0v) is 12.4. The highest BCUT2D eigenvalue weighted by Crippen LogP contribution is 2.36. The van der Waals surface area contributed by atoms with E-state index in [-0.39, 0.29) is 22.7 Å². The molecule has 0 radical (unpaired) electrons. The number of methoxy groups -OCH3 is 1. The van der Waals surface area contributed by atoms with Crippen LogP contribution in [0.4, 0.5) is 26.3 Å². The first-order chi connectivity index (χ1) is 11.6. The fourth-order valence-electron chi connectivity index (χ4n) is 2.19. The van der Waals surface area contributed by atoms with Gasteiger partial charge >= 0.3 is 12.4 Å². The summed E-state index contributed by atoms with van der Waals surface area (Å²) in [6.07, 6.45) is -9.36. The molecule has 2 aromatic heterocycles. The lowest BCUT2D eigenvalue weighted by Gasteiger charge is -2.12. The maximum Gasteiger partial charge on any atom is 0.453 e. The van der Waals surface area contributed by atoms with Gasteiger partial charge in [-0.05, 0) is 30.3 Å². The van der Waals surface area contributed by atoms with Crippen LogP contribution in [0.5, 0.6) is 5.75 Å². The van der Waals surface area contributed by atoms with Gasteiger partial charge in [0.15, 0.2) is 5.65 Å². The Morgan fingerprint density at radius 3 is 2.24 bits per heavy atom. The Balaban J connectivity index is 2.16. The third-order valence-electron chi connectivity index (χ3n) is 3.32. The topological polar surface area (TPSA) is 52.3 Å². The summed E-state index contributed by atoms with van der Waals surface area (Å²) in [5.74, 6) is -1.52. The minimum absolute atomic E-state index is 0.0247. The molecule has 0 N–H and O–H groups in total. The molecule has 25 heavy (non-hydrogen) atoms. The highest BCUT2D eigenvalue weighted by atomic mass is 19.4. The van der Waals surface area contributed by atoms with Gasteiger partial charge < -0.3 is 4.74 Å². The molecule has 0 aliphatic rings. The Morgan fingerprint density at radius 1 is 0.920 bits per heavy atom. The molecule has 0 saturated carbocycles. The number of nitrogens with zero attached hydrogens (tertiary/aromatic N) is 4. The normalized spacial score (nSPS) is 12.6. The van der Waals surface area contributed by atoms with Crippen LogP contribution in [0.3, 0.4) is 0 Å². The van der Waals surface area contributed by atoms with Crippen molar-refractivity contribution < 1.29 is 31.1 Å². The van der Waals surface area contributed by atoms with Crippen molar-refractivity contribution in [2.24, 2.45) is 0 Å². The maximum atomic E-state index is 12.9. The number of benzene rings is 1. The summed E-state index contributed by atoms with van der Waals surface area (Å²) in [5.41, 5.74) is -1.03. The maximum absolute atomic E-state index is 12.9. The number of hydrogen-bond donors (Lipinski definition) is 0. The van der Waals surface area contributed by atoms with Gasteiger partial charge in [-0.1, -0.05) is 0 Å². The zero-order chi connectivity index (χ0) is 18.4. The Morgan fingerprint density at radius 2 is 1.64 bits per heavy atom. The first-order valence-corrected chi connectivity index (χ1v) is 6.66. The van der Waals surface area contributed by atoms with E-state index >= 15 is 0 Å². The molecular weight excluding hydrogens is 354 g/mol. The summed E-state index contributed by atoms with van der Waals surface area (Å²) < 4.78 is 82.4.